The van der Waals surface area contributed by atoms with Crippen LogP contribution in [0.2, 0.25) is 0 Å². The van der Waals surface area contributed by atoms with E-state index in [0.29, 0.717) is 17.4 Å². The summed E-state index contributed by atoms with van der Waals surface area (Å²) in [6.45, 7) is 0.571. The van der Waals surface area contributed by atoms with E-state index in [0.717, 1.165) is 10.1 Å². The van der Waals surface area contributed by atoms with Gasteiger partial charge in [0.05, 0.1) is 18.6 Å². The minimum absolute atomic E-state index is 0.0275. The van der Waals surface area contributed by atoms with Gasteiger partial charge in [0.2, 0.25) is 11.0 Å². The molecule has 8 heteroatoms. The van der Waals surface area contributed by atoms with Gasteiger partial charge in [-0.1, -0.05) is 23.1 Å². The van der Waals surface area contributed by atoms with Gasteiger partial charge in [0.25, 0.3) is 0 Å². The Morgan fingerprint density at radius 1 is 1.56 bits per heavy atom. The quantitative estimate of drug-likeness (QED) is 0.784. The summed E-state index contributed by atoms with van der Waals surface area (Å²) in [5.74, 6) is 1.16. The smallest absolute Gasteiger partial charge is 0.230 e. The van der Waals surface area contributed by atoms with E-state index in [1.165, 1.54) is 23.1 Å². The van der Waals surface area contributed by atoms with Crippen LogP contribution in [0.25, 0.3) is 0 Å². The normalized spacial score (nSPS) is 10.3. The standard InChI is InChI=1S/C10H12N4O2S2/c1-11-8(15)6-17-10-14-13-9(18-10)12-5-7-3-2-4-16-7/h2-4H,5-6H2,1H3,(H,11,15)(H,12,13). The topological polar surface area (TPSA) is 80.0 Å². The fraction of sp³-hybridized carbons (Fsp3) is 0.300. The summed E-state index contributed by atoms with van der Waals surface area (Å²) in [5, 5.41) is 14.3. The molecule has 96 valence electrons. The molecule has 0 saturated heterocycles. The SMILES string of the molecule is CNC(=O)CSc1nnc(NCc2ccco2)s1. The molecule has 0 aromatic carbocycles. The van der Waals surface area contributed by atoms with E-state index in [4.69, 9.17) is 4.42 Å². The van der Waals surface area contributed by atoms with Crippen LogP contribution in [0.5, 0.6) is 0 Å². The lowest BCUT2D eigenvalue weighted by atomic mass is 10.4. The highest BCUT2D eigenvalue weighted by atomic mass is 32.2. The first-order valence-corrected chi connectivity index (χ1v) is 7.01. The largest absolute Gasteiger partial charge is 0.467 e. The molecule has 2 aromatic rings. The Morgan fingerprint density at radius 2 is 2.44 bits per heavy atom. The first-order chi connectivity index (χ1) is 8.78. The number of nitrogens with zero attached hydrogens (tertiary/aromatic N) is 2. The number of hydrogen-bond donors (Lipinski definition) is 2. The van der Waals surface area contributed by atoms with Gasteiger partial charge < -0.3 is 15.1 Å². The zero-order valence-electron chi connectivity index (χ0n) is 9.67. The monoisotopic (exact) mass is 284 g/mol. The fourth-order valence-corrected chi connectivity index (χ4v) is 2.73. The van der Waals surface area contributed by atoms with Crippen molar-refractivity contribution in [2.24, 2.45) is 0 Å². The van der Waals surface area contributed by atoms with E-state index in [-0.39, 0.29) is 5.91 Å². The number of amides is 1. The van der Waals surface area contributed by atoms with Gasteiger partial charge in [0, 0.05) is 7.05 Å². The van der Waals surface area contributed by atoms with Crippen molar-refractivity contribution in [3.8, 4) is 0 Å². The summed E-state index contributed by atoms with van der Waals surface area (Å²) in [5.41, 5.74) is 0. The molecule has 0 fully saturated rings. The van der Waals surface area contributed by atoms with Crippen molar-refractivity contribution in [2.75, 3.05) is 18.1 Å². The van der Waals surface area contributed by atoms with E-state index in [1.54, 1.807) is 13.3 Å². The van der Waals surface area contributed by atoms with Crippen LogP contribution in [0.4, 0.5) is 5.13 Å². The molecule has 2 rings (SSSR count). The Hall–Kier alpha value is -1.54. The van der Waals surface area contributed by atoms with Crippen molar-refractivity contribution in [1.82, 2.24) is 15.5 Å². The molecule has 0 spiro atoms. The van der Waals surface area contributed by atoms with E-state index in [2.05, 4.69) is 20.8 Å². The second-order valence-corrected chi connectivity index (χ2v) is 5.47. The highest BCUT2D eigenvalue weighted by Crippen LogP contribution is 2.25. The first-order valence-electron chi connectivity index (χ1n) is 5.21. The molecular weight excluding hydrogens is 272 g/mol. The van der Waals surface area contributed by atoms with Gasteiger partial charge in [0.15, 0.2) is 4.34 Å². The molecule has 2 heterocycles. The second-order valence-electron chi connectivity index (χ2n) is 3.27. The summed E-state index contributed by atoms with van der Waals surface area (Å²) in [7, 11) is 1.61. The molecule has 0 unspecified atom stereocenters. The molecule has 18 heavy (non-hydrogen) atoms. The van der Waals surface area contributed by atoms with Gasteiger partial charge in [-0.25, -0.2) is 0 Å². The van der Waals surface area contributed by atoms with Crippen LogP contribution in [0.1, 0.15) is 5.76 Å². The molecule has 2 N–H and O–H groups in total. The summed E-state index contributed by atoms with van der Waals surface area (Å²) >= 11 is 2.78. The molecular formula is C10H12N4O2S2. The van der Waals surface area contributed by atoms with Gasteiger partial charge in [-0.05, 0) is 12.1 Å². The number of hydrogen-bond acceptors (Lipinski definition) is 7. The Labute approximate surface area is 112 Å². The van der Waals surface area contributed by atoms with Gasteiger partial charge in [-0.2, -0.15) is 0 Å². The number of carbonyl (C=O) groups is 1. The maximum atomic E-state index is 11.1. The number of rotatable bonds is 6. The van der Waals surface area contributed by atoms with Crippen molar-refractivity contribution in [3.63, 3.8) is 0 Å². The minimum Gasteiger partial charge on any atom is -0.467 e. The number of furan rings is 1. The Balaban J connectivity index is 1.80. The van der Waals surface area contributed by atoms with Crippen LogP contribution in [0, 0.1) is 0 Å². The van der Waals surface area contributed by atoms with Gasteiger partial charge in [0.1, 0.15) is 5.76 Å². The highest BCUT2D eigenvalue weighted by molar-refractivity contribution is 8.01. The van der Waals surface area contributed by atoms with E-state index >= 15 is 0 Å². The van der Waals surface area contributed by atoms with Gasteiger partial charge in [-0.15, -0.1) is 10.2 Å². The molecule has 0 aliphatic rings. The average Bonchev–Trinajstić information content (AvgIpc) is 3.04. The van der Waals surface area contributed by atoms with Crippen LogP contribution in [-0.2, 0) is 11.3 Å². The summed E-state index contributed by atoms with van der Waals surface area (Å²) < 4.78 is 5.96. The number of anilines is 1. The Kier molecular flexibility index (Phi) is 4.59. The summed E-state index contributed by atoms with van der Waals surface area (Å²) in [4.78, 5) is 11.1. The molecule has 2 aromatic heterocycles. The van der Waals surface area contributed by atoms with Crippen LogP contribution < -0.4 is 10.6 Å². The number of carbonyl (C=O) groups excluding carboxylic acids is 1. The minimum atomic E-state index is -0.0275. The van der Waals surface area contributed by atoms with Gasteiger partial charge in [-0.3, -0.25) is 4.79 Å². The maximum absolute atomic E-state index is 11.1. The molecule has 0 atom stereocenters. The number of nitrogens with one attached hydrogen (secondary N) is 2. The van der Waals surface area contributed by atoms with Crippen LogP contribution in [0.3, 0.4) is 0 Å². The van der Waals surface area contributed by atoms with Crippen LogP contribution >= 0.6 is 23.1 Å². The summed E-state index contributed by atoms with van der Waals surface area (Å²) in [6.07, 6.45) is 1.63. The molecule has 6 nitrogen and oxygen atoms in total. The molecule has 0 saturated carbocycles. The van der Waals surface area contributed by atoms with Crippen molar-refractivity contribution in [3.05, 3.63) is 24.2 Å². The van der Waals surface area contributed by atoms with E-state index in [1.807, 2.05) is 12.1 Å². The number of aromatic nitrogens is 2. The molecule has 0 bridgehead atoms. The van der Waals surface area contributed by atoms with E-state index < -0.39 is 0 Å². The zero-order chi connectivity index (χ0) is 12.8. The first kappa shape index (κ1) is 12.9. The zero-order valence-corrected chi connectivity index (χ0v) is 11.3. The molecule has 0 radical (unpaired) electrons. The Bertz CT molecular complexity index is 498. The summed E-state index contributed by atoms with van der Waals surface area (Å²) in [6, 6.07) is 3.72. The van der Waals surface area contributed by atoms with Crippen LogP contribution in [-0.4, -0.2) is 28.9 Å². The van der Waals surface area contributed by atoms with Crippen molar-refractivity contribution >= 4 is 34.1 Å². The van der Waals surface area contributed by atoms with Crippen LogP contribution in [0.15, 0.2) is 27.2 Å². The molecule has 0 aliphatic heterocycles. The van der Waals surface area contributed by atoms with E-state index in [9.17, 15) is 4.79 Å². The predicted molar refractivity (Wildman–Crippen MR) is 70.7 cm³/mol. The fourth-order valence-electron chi connectivity index (χ4n) is 1.11. The third-order valence-corrected chi connectivity index (χ3v) is 4.02. The second kappa shape index (κ2) is 6.41. The highest BCUT2D eigenvalue weighted by Gasteiger charge is 2.07. The van der Waals surface area contributed by atoms with Crippen molar-refractivity contribution < 1.29 is 9.21 Å². The number of thioether (sulfide) groups is 1. The third kappa shape index (κ3) is 3.74. The maximum Gasteiger partial charge on any atom is 0.230 e. The Morgan fingerprint density at radius 3 is 3.17 bits per heavy atom. The van der Waals surface area contributed by atoms with Crippen molar-refractivity contribution in [1.29, 1.82) is 0 Å². The lowest BCUT2D eigenvalue weighted by Gasteiger charge is -1.97. The average molecular weight is 284 g/mol. The molecule has 1 amide bonds. The third-order valence-electron chi connectivity index (χ3n) is 2.01. The predicted octanol–water partition coefficient (Wildman–Crippen LogP) is 1.58. The van der Waals surface area contributed by atoms with Gasteiger partial charge >= 0.3 is 0 Å². The lowest BCUT2D eigenvalue weighted by molar-refractivity contribution is -0.118. The lowest BCUT2D eigenvalue weighted by Crippen LogP contribution is -2.19. The van der Waals surface area contributed by atoms with Crippen molar-refractivity contribution in [2.45, 2.75) is 10.9 Å². The molecule has 0 aliphatic carbocycles.